The molecule has 1 aliphatic rings. The number of nitrogen functional groups attached to an aromatic ring is 1. The molecule has 0 aliphatic carbocycles. The Morgan fingerprint density at radius 1 is 0.971 bits per heavy atom. The van der Waals surface area contributed by atoms with Gasteiger partial charge in [-0.3, -0.25) is 4.90 Å². The highest BCUT2D eigenvalue weighted by molar-refractivity contribution is 5.59. The summed E-state index contributed by atoms with van der Waals surface area (Å²) in [5.74, 6) is 1.52. The number of hydrogen-bond acceptors (Lipinski definition) is 6. The lowest BCUT2D eigenvalue weighted by molar-refractivity contribution is 0.243. The molecule has 5 aromatic rings. The number of anilines is 1. The third kappa shape index (κ3) is 3.97. The highest BCUT2D eigenvalue weighted by Gasteiger charge is 2.22. The highest BCUT2D eigenvalue weighted by atomic mass is 16.3. The van der Waals surface area contributed by atoms with E-state index in [9.17, 15) is 0 Å². The molecule has 0 radical (unpaired) electrons. The van der Waals surface area contributed by atoms with Crippen molar-refractivity contribution in [2.75, 3.05) is 12.3 Å². The summed E-state index contributed by atoms with van der Waals surface area (Å²) in [6.07, 6.45) is 6.63. The molecule has 3 aromatic heterocycles. The van der Waals surface area contributed by atoms with Gasteiger partial charge in [-0.2, -0.15) is 5.10 Å². The molecule has 0 atom stereocenters. The Labute approximate surface area is 197 Å². The summed E-state index contributed by atoms with van der Waals surface area (Å²) < 4.78 is 7.62. The van der Waals surface area contributed by atoms with Crippen LogP contribution in [0.5, 0.6) is 0 Å². The standard InChI is InChI=1S/C27H24N6O/c28-22-10-8-19(9-11-22)27-29-15-20-16-32(13-12-24(20)30-27)17-21-18-33(23-5-2-1-3-6-23)31-26(21)25-7-4-14-34-25/h1-11,14-15,18H,12-13,16-17,28H2. The van der Waals surface area contributed by atoms with Crippen LogP contribution < -0.4 is 5.73 Å². The van der Waals surface area contributed by atoms with Gasteiger partial charge in [-0.1, -0.05) is 18.2 Å². The summed E-state index contributed by atoms with van der Waals surface area (Å²) in [5, 5.41) is 4.85. The number of rotatable bonds is 5. The first-order valence-electron chi connectivity index (χ1n) is 11.3. The molecule has 0 spiro atoms. The second kappa shape index (κ2) is 8.61. The Morgan fingerprint density at radius 3 is 2.62 bits per heavy atom. The van der Waals surface area contributed by atoms with E-state index in [1.165, 1.54) is 5.56 Å². The van der Waals surface area contributed by atoms with Crippen LogP contribution in [0, 0.1) is 0 Å². The summed E-state index contributed by atoms with van der Waals surface area (Å²) in [6, 6.07) is 21.7. The number of benzene rings is 2. The fourth-order valence-electron chi connectivity index (χ4n) is 4.38. The number of para-hydroxylation sites is 1. The minimum atomic E-state index is 0.738. The van der Waals surface area contributed by atoms with Gasteiger partial charge in [-0.05, 0) is 48.5 Å². The molecular weight excluding hydrogens is 424 g/mol. The van der Waals surface area contributed by atoms with Crippen LogP contribution in [0.25, 0.3) is 28.5 Å². The van der Waals surface area contributed by atoms with Crippen molar-refractivity contribution in [3.8, 4) is 28.5 Å². The molecule has 6 rings (SSSR count). The second-order valence-electron chi connectivity index (χ2n) is 8.51. The smallest absolute Gasteiger partial charge is 0.159 e. The molecule has 0 bridgehead atoms. The van der Waals surface area contributed by atoms with Gasteiger partial charge < -0.3 is 10.2 Å². The Balaban J connectivity index is 1.25. The van der Waals surface area contributed by atoms with Gasteiger partial charge in [0, 0.05) is 60.8 Å². The Morgan fingerprint density at radius 2 is 1.82 bits per heavy atom. The monoisotopic (exact) mass is 448 g/mol. The first-order valence-corrected chi connectivity index (χ1v) is 11.3. The molecule has 0 saturated heterocycles. The third-order valence-electron chi connectivity index (χ3n) is 6.14. The molecule has 168 valence electrons. The van der Waals surface area contributed by atoms with Gasteiger partial charge in [0.25, 0.3) is 0 Å². The maximum absolute atomic E-state index is 5.81. The summed E-state index contributed by atoms with van der Waals surface area (Å²) in [7, 11) is 0. The van der Waals surface area contributed by atoms with E-state index >= 15 is 0 Å². The van der Waals surface area contributed by atoms with Crippen molar-refractivity contribution in [2.24, 2.45) is 0 Å². The van der Waals surface area contributed by atoms with E-state index in [4.69, 9.17) is 20.2 Å². The lowest BCUT2D eigenvalue weighted by atomic mass is 10.1. The van der Waals surface area contributed by atoms with Gasteiger partial charge in [-0.15, -0.1) is 0 Å². The Kier molecular flexibility index (Phi) is 5.16. The van der Waals surface area contributed by atoms with Gasteiger partial charge >= 0.3 is 0 Å². The van der Waals surface area contributed by atoms with Crippen LogP contribution in [0.15, 0.2) is 89.8 Å². The summed E-state index contributed by atoms with van der Waals surface area (Å²) >= 11 is 0. The van der Waals surface area contributed by atoms with Crippen molar-refractivity contribution >= 4 is 5.69 Å². The van der Waals surface area contributed by atoms with Gasteiger partial charge in [0.2, 0.25) is 0 Å². The molecule has 34 heavy (non-hydrogen) atoms. The molecule has 7 heteroatoms. The fourth-order valence-corrected chi connectivity index (χ4v) is 4.38. The normalized spacial score (nSPS) is 13.6. The zero-order valence-electron chi connectivity index (χ0n) is 18.6. The summed E-state index contributed by atoms with van der Waals surface area (Å²) in [4.78, 5) is 11.9. The van der Waals surface area contributed by atoms with Crippen molar-refractivity contribution < 1.29 is 4.42 Å². The lowest BCUT2D eigenvalue weighted by Gasteiger charge is -2.27. The summed E-state index contributed by atoms with van der Waals surface area (Å²) in [6.45, 7) is 2.48. The van der Waals surface area contributed by atoms with Crippen LogP contribution in [-0.4, -0.2) is 31.2 Å². The molecule has 0 fully saturated rings. The van der Waals surface area contributed by atoms with Crippen LogP contribution in [-0.2, 0) is 19.5 Å². The molecule has 0 unspecified atom stereocenters. The van der Waals surface area contributed by atoms with Crippen molar-refractivity contribution in [3.05, 3.63) is 102 Å². The Bertz CT molecular complexity index is 1410. The van der Waals surface area contributed by atoms with Crippen molar-refractivity contribution in [1.82, 2.24) is 24.6 Å². The number of furan rings is 1. The van der Waals surface area contributed by atoms with E-state index in [1.54, 1.807) is 6.26 Å². The first-order chi connectivity index (χ1) is 16.7. The molecule has 7 nitrogen and oxygen atoms in total. The zero-order valence-corrected chi connectivity index (χ0v) is 18.6. The van der Waals surface area contributed by atoms with Crippen LogP contribution in [0.1, 0.15) is 16.8 Å². The average molecular weight is 449 g/mol. The predicted octanol–water partition coefficient (Wildman–Crippen LogP) is 4.73. The molecular formula is C27H24N6O. The number of fused-ring (bicyclic) bond motifs is 1. The van der Waals surface area contributed by atoms with Crippen molar-refractivity contribution in [1.29, 1.82) is 0 Å². The first kappa shape index (κ1) is 20.4. The van der Waals surface area contributed by atoms with Gasteiger partial charge in [0.15, 0.2) is 11.6 Å². The number of nitrogens with two attached hydrogens (primary N) is 1. The molecule has 2 N–H and O–H groups in total. The number of aromatic nitrogens is 4. The largest absolute Gasteiger partial charge is 0.463 e. The SMILES string of the molecule is Nc1ccc(-c2ncc3c(n2)CCN(Cc2cn(-c4ccccc4)nc2-c2ccco2)C3)cc1. The maximum Gasteiger partial charge on any atom is 0.159 e. The summed E-state index contributed by atoms with van der Waals surface area (Å²) in [5.41, 5.74) is 12.8. The number of hydrogen-bond donors (Lipinski definition) is 1. The van der Waals surface area contributed by atoms with E-state index in [0.717, 1.165) is 71.5 Å². The molecule has 0 amide bonds. The van der Waals surface area contributed by atoms with E-state index in [-0.39, 0.29) is 0 Å². The van der Waals surface area contributed by atoms with Gasteiger partial charge in [0.1, 0.15) is 5.69 Å². The van der Waals surface area contributed by atoms with Crippen LogP contribution >= 0.6 is 0 Å². The zero-order chi connectivity index (χ0) is 22.9. The van der Waals surface area contributed by atoms with Crippen LogP contribution in [0.4, 0.5) is 5.69 Å². The van der Waals surface area contributed by atoms with Gasteiger partial charge in [0.05, 0.1) is 17.6 Å². The van der Waals surface area contributed by atoms with E-state index in [1.807, 2.05) is 65.5 Å². The van der Waals surface area contributed by atoms with Crippen molar-refractivity contribution in [2.45, 2.75) is 19.5 Å². The maximum atomic E-state index is 5.81. The Hall–Kier alpha value is -4.23. The molecule has 1 aliphatic heterocycles. The molecule has 0 saturated carbocycles. The van der Waals surface area contributed by atoms with Gasteiger partial charge in [-0.25, -0.2) is 14.6 Å². The van der Waals surface area contributed by atoms with E-state index in [0.29, 0.717) is 0 Å². The van der Waals surface area contributed by atoms with E-state index in [2.05, 4.69) is 28.2 Å². The highest BCUT2D eigenvalue weighted by Crippen LogP contribution is 2.28. The lowest BCUT2D eigenvalue weighted by Crippen LogP contribution is -2.31. The molecule has 2 aromatic carbocycles. The van der Waals surface area contributed by atoms with Crippen molar-refractivity contribution in [3.63, 3.8) is 0 Å². The fraction of sp³-hybridized carbons (Fsp3) is 0.148. The average Bonchev–Trinajstić information content (AvgIpc) is 3.55. The van der Waals surface area contributed by atoms with Crippen LogP contribution in [0.3, 0.4) is 0 Å². The molecule has 4 heterocycles. The second-order valence-corrected chi connectivity index (χ2v) is 8.51. The van der Waals surface area contributed by atoms with Crippen LogP contribution in [0.2, 0.25) is 0 Å². The third-order valence-corrected chi connectivity index (χ3v) is 6.14. The predicted molar refractivity (Wildman–Crippen MR) is 131 cm³/mol. The topological polar surface area (TPSA) is 86.0 Å². The number of nitrogens with zero attached hydrogens (tertiary/aromatic N) is 5. The quantitative estimate of drug-likeness (QED) is 0.391. The van der Waals surface area contributed by atoms with E-state index < -0.39 is 0 Å². The minimum absolute atomic E-state index is 0.738. The minimum Gasteiger partial charge on any atom is -0.463 e.